The van der Waals surface area contributed by atoms with Crippen molar-refractivity contribution in [3.05, 3.63) is 72.9 Å². The molecule has 0 aromatic rings. The Morgan fingerprint density at radius 3 is 1.94 bits per heavy atom. The highest BCUT2D eigenvalue weighted by Crippen LogP contribution is 2.43. The second kappa shape index (κ2) is 36.8. The molecule has 298 valence electrons. The third-order valence-corrected chi connectivity index (χ3v) is 8.66. The van der Waals surface area contributed by atoms with Crippen LogP contribution in [0.1, 0.15) is 136 Å². The van der Waals surface area contributed by atoms with Gasteiger partial charge in [-0.15, -0.1) is 0 Å². The summed E-state index contributed by atoms with van der Waals surface area (Å²) in [4.78, 5) is 34.7. The van der Waals surface area contributed by atoms with Crippen LogP contribution in [0.15, 0.2) is 72.9 Å². The minimum atomic E-state index is -4.43. The third-order valence-electron chi connectivity index (χ3n) is 7.68. The molecular formula is C41H70NO9P. The van der Waals surface area contributed by atoms with Crippen molar-refractivity contribution in [2.45, 2.75) is 148 Å². The molecule has 0 saturated carbocycles. The van der Waals surface area contributed by atoms with E-state index in [-0.39, 0.29) is 32.6 Å². The lowest BCUT2D eigenvalue weighted by molar-refractivity contribution is -0.161. The van der Waals surface area contributed by atoms with Gasteiger partial charge in [-0.05, 0) is 70.6 Å². The molecule has 0 aromatic heterocycles. The summed E-state index contributed by atoms with van der Waals surface area (Å²) in [5, 5.41) is 10.2. The van der Waals surface area contributed by atoms with E-state index in [0.717, 1.165) is 64.2 Å². The van der Waals surface area contributed by atoms with Crippen LogP contribution in [0, 0.1) is 0 Å². The lowest BCUT2D eigenvalue weighted by Gasteiger charge is -2.20. The number of aliphatic hydroxyl groups is 1. The van der Waals surface area contributed by atoms with Crippen LogP contribution in [0.4, 0.5) is 0 Å². The average Bonchev–Trinajstić information content (AvgIpc) is 3.12. The van der Waals surface area contributed by atoms with E-state index in [4.69, 9.17) is 24.3 Å². The van der Waals surface area contributed by atoms with E-state index in [0.29, 0.717) is 19.3 Å². The second-order valence-corrected chi connectivity index (χ2v) is 14.1. The first-order valence-electron chi connectivity index (χ1n) is 19.5. The number of nitrogens with two attached hydrogens (primary N) is 1. The molecule has 10 nitrogen and oxygen atoms in total. The minimum absolute atomic E-state index is 0.00543. The lowest BCUT2D eigenvalue weighted by Crippen LogP contribution is -2.29. The van der Waals surface area contributed by atoms with E-state index >= 15 is 0 Å². The van der Waals surface area contributed by atoms with Crippen molar-refractivity contribution in [3.8, 4) is 0 Å². The Balaban J connectivity index is 4.47. The Labute approximate surface area is 314 Å². The largest absolute Gasteiger partial charge is 0.472 e. The molecule has 4 N–H and O–H groups in total. The molecule has 0 aliphatic rings. The van der Waals surface area contributed by atoms with Gasteiger partial charge in [0.1, 0.15) is 6.61 Å². The quantitative estimate of drug-likeness (QED) is 0.0187. The number of hydrogen-bond acceptors (Lipinski definition) is 9. The lowest BCUT2D eigenvalue weighted by atomic mass is 10.1. The molecule has 0 aliphatic heterocycles. The van der Waals surface area contributed by atoms with Gasteiger partial charge in [0.2, 0.25) is 0 Å². The zero-order chi connectivity index (χ0) is 38.4. The van der Waals surface area contributed by atoms with Crippen LogP contribution >= 0.6 is 7.82 Å². The Kier molecular flexibility index (Phi) is 34.9. The predicted molar refractivity (Wildman–Crippen MR) is 212 cm³/mol. The molecule has 0 aromatic carbocycles. The van der Waals surface area contributed by atoms with Gasteiger partial charge in [-0.1, -0.05) is 125 Å². The van der Waals surface area contributed by atoms with Crippen molar-refractivity contribution >= 4 is 19.8 Å². The molecule has 0 fully saturated rings. The fourth-order valence-electron chi connectivity index (χ4n) is 4.77. The first kappa shape index (κ1) is 49.4. The molecule has 0 rings (SSSR count). The van der Waals surface area contributed by atoms with Gasteiger partial charge >= 0.3 is 19.8 Å². The van der Waals surface area contributed by atoms with Gasteiger partial charge in [0.05, 0.1) is 19.3 Å². The molecule has 0 aliphatic carbocycles. The maximum atomic E-state index is 12.5. The van der Waals surface area contributed by atoms with Crippen LogP contribution in [0.5, 0.6) is 0 Å². The Morgan fingerprint density at radius 2 is 1.29 bits per heavy atom. The average molecular weight is 752 g/mol. The van der Waals surface area contributed by atoms with Crippen molar-refractivity contribution in [2.75, 3.05) is 26.4 Å². The van der Waals surface area contributed by atoms with E-state index < -0.39 is 38.6 Å². The van der Waals surface area contributed by atoms with Crippen LogP contribution in [-0.2, 0) is 32.7 Å². The minimum Gasteiger partial charge on any atom is -0.462 e. The van der Waals surface area contributed by atoms with Gasteiger partial charge in [0.25, 0.3) is 0 Å². The summed E-state index contributed by atoms with van der Waals surface area (Å²) in [6.07, 6.45) is 39.7. The van der Waals surface area contributed by atoms with E-state index in [9.17, 15) is 24.2 Å². The molecule has 11 heteroatoms. The van der Waals surface area contributed by atoms with Crippen LogP contribution in [0.25, 0.3) is 0 Å². The van der Waals surface area contributed by atoms with E-state index in [1.165, 1.54) is 25.7 Å². The highest BCUT2D eigenvalue weighted by Gasteiger charge is 2.26. The Hall–Kier alpha value is -2.59. The van der Waals surface area contributed by atoms with Crippen LogP contribution in [0.3, 0.4) is 0 Å². The SMILES string of the molecule is CC/C=C\C/C=C\C/C=C\C/C=C\C=C\C(O)CCCC(=O)OC(COC(=O)CCCCCCC/C=C\CCCCCC)COP(=O)(O)OCCN. The van der Waals surface area contributed by atoms with Gasteiger partial charge < -0.3 is 25.2 Å². The maximum absolute atomic E-state index is 12.5. The number of rotatable bonds is 35. The van der Waals surface area contributed by atoms with Crippen LogP contribution in [-0.4, -0.2) is 60.5 Å². The summed E-state index contributed by atoms with van der Waals surface area (Å²) in [7, 11) is -4.43. The monoisotopic (exact) mass is 751 g/mol. The summed E-state index contributed by atoms with van der Waals surface area (Å²) in [5.74, 6) is -1.05. The molecule has 0 saturated heterocycles. The number of carbonyl (C=O) groups is 2. The molecule has 0 bridgehead atoms. The zero-order valence-electron chi connectivity index (χ0n) is 32.1. The number of unbranched alkanes of at least 4 members (excludes halogenated alkanes) is 9. The zero-order valence-corrected chi connectivity index (χ0v) is 33.0. The van der Waals surface area contributed by atoms with Gasteiger partial charge in [-0.3, -0.25) is 18.6 Å². The number of aliphatic hydroxyl groups excluding tert-OH is 1. The Bertz CT molecular complexity index is 1100. The first-order chi connectivity index (χ1) is 25.2. The molecule has 3 unspecified atom stereocenters. The third kappa shape index (κ3) is 35.8. The van der Waals surface area contributed by atoms with Gasteiger partial charge in [-0.25, -0.2) is 4.57 Å². The summed E-state index contributed by atoms with van der Waals surface area (Å²) >= 11 is 0. The topological polar surface area (TPSA) is 155 Å². The summed E-state index contributed by atoms with van der Waals surface area (Å²) < 4.78 is 32.5. The normalized spacial score (nSPS) is 14.8. The predicted octanol–water partition coefficient (Wildman–Crippen LogP) is 9.68. The number of hydrogen-bond donors (Lipinski definition) is 3. The highest BCUT2D eigenvalue weighted by atomic mass is 31.2. The number of carbonyl (C=O) groups excluding carboxylic acids is 2. The van der Waals surface area contributed by atoms with Crippen molar-refractivity contribution in [1.82, 2.24) is 0 Å². The van der Waals surface area contributed by atoms with E-state index in [1.807, 2.05) is 12.2 Å². The summed E-state index contributed by atoms with van der Waals surface area (Å²) in [6.45, 7) is 3.33. The molecule has 0 spiro atoms. The van der Waals surface area contributed by atoms with Crippen molar-refractivity contribution < 1.29 is 42.7 Å². The highest BCUT2D eigenvalue weighted by molar-refractivity contribution is 7.47. The van der Waals surface area contributed by atoms with Gasteiger partial charge in [-0.2, -0.15) is 0 Å². The van der Waals surface area contributed by atoms with Crippen molar-refractivity contribution in [2.24, 2.45) is 5.73 Å². The summed E-state index contributed by atoms with van der Waals surface area (Å²) in [6, 6.07) is 0. The van der Waals surface area contributed by atoms with E-state index in [2.05, 4.69) is 62.5 Å². The standard InChI is InChI=1S/C41H70NO9P/c1-3-5-7-9-11-13-15-17-19-21-23-25-27-30-38(43)31-29-33-41(45)51-39(37-50-52(46,47)49-35-34-42)36-48-40(44)32-28-26-24-22-20-18-16-14-12-10-8-6-4-2/h5,7,11,13-14,16-17,19,23,25,27,30,38-39,43H,3-4,6,8-10,12,15,18,20-22,24,26,28-29,31-37,42H2,1-2H3,(H,46,47)/b7-5-,13-11-,16-14-,19-17-,25-23-,30-27+. The molecule has 0 heterocycles. The van der Waals surface area contributed by atoms with Gasteiger partial charge in [0, 0.05) is 19.4 Å². The van der Waals surface area contributed by atoms with E-state index in [1.54, 1.807) is 12.2 Å². The number of allylic oxidation sites excluding steroid dienone is 11. The smallest absolute Gasteiger partial charge is 0.462 e. The van der Waals surface area contributed by atoms with Crippen molar-refractivity contribution in [3.63, 3.8) is 0 Å². The number of phosphoric acid groups is 1. The number of phosphoric ester groups is 1. The van der Waals surface area contributed by atoms with Crippen LogP contribution < -0.4 is 5.73 Å². The maximum Gasteiger partial charge on any atom is 0.472 e. The molecular weight excluding hydrogens is 681 g/mol. The van der Waals surface area contributed by atoms with Crippen LogP contribution in [0.2, 0.25) is 0 Å². The first-order valence-corrected chi connectivity index (χ1v) is 21.0. The molecule has 0 radical (unpaired) electrons. The second-order valence-electron chi connectivity index (χ2n) is 12.6. The fourth-order valence-corrected chi connectivity index (χ4v) is 5.54. The number of esters is 2. The Morgan fingerprint density at radius 1 is 0.692 bits per heavy atom. The molecule has 0 amide bonds. The molecule has 52 heavy (non-hydrogen) atoms. The van der Waals surface area contributed by atoms with Gasteiger partial charge in [0.15, 0.2) is 6.10 Å². The molecule has 3 atom stereocenters. The number of ether oxygens (including phenoxy) is 2. The summed E-state index contributed by atoms with van der Waals surface area (Å²) in [5.41, 5.74) is 5.32. The van der Waals surface area contributed by atoms with Crippen molar-refractivity contribution in [1.29, 1.82) is 0 Å². The fraction of sp³-hybridized carbons (Fsp3) is 0.659.